The number of carbonyl (C=O) groups excluding carboxylic acids is 1. The highest BCUT2D eigenvalue weighted by Crippen LogP contribution is 2.40. The summed E-state index contributed by atoms with van der Waals surface area (Å²) in [5.41, 5.74) is 0.667. The van der Waals surface area contributed by atoms with Crippen LogP contribution in [-0.4, -0.2) is 67.3 Å². The van der Waals surface area contributed by atoms with Gasteiger partial charge in [-0.3, -0.25) is 9.59 Å². The lowest BCUT2D eigenvalue weighted by Gasteiger charge is -2.21. The number of rotatable bonds is 7. The van der Waals surface area contributed by atoms with Crippen LogP contribution in [0.5, 0.6) is 11.5 Å². The number of carboxylic acid groups (broad SMARTS) is 1. The van der Waals surface area contributed by atoms with E-state index in [1.165, 1.54) is 11.0 Å². The number of likely N-dealkylation sites (N-methyl/N-ethyl adjacent to an activating group) is 1. The van der Waals surface area contributed by atoms with Crippen LogP contribution in [0, 0.1) is 0 Å². The van der Waals surface area contributed by atoms with E-state index < -0.39 is 5.97 Å². The number of benzene rings is 1. The molecule has 0 saturated heterocycles. The maximum Gasteiger partial charge on any atom is 0.323 e. The van der Waals surface area contributed by atoms with Gasteiger partial charge in [-0.05, 0) is 37.9 Å². The molecule has 1 aliphatic heterocycles. The minimum Gasteiger partial charge on any atom is -0.480 e. The van der Waals surface area contributed by atoms with Crippen LogP contribution in [0.1, 0.15) is 5.56 Å². The number of carbonyl (C=O) groups is 2. The second-order valence-corrected chi connectivity index (χ2v) is 5.93. The highest BCUT2D eigenvalue weighted by Gasteiger charge is 2.18. The van der Waals surface area contributed by atoms with Crippen molar-refractivity contribution < 1.29 is 24.2 Å². The fourth-order valence-electron chi connectivity index (χ4n) is 2.11. The molecule has 1 heterocycles. The molecule has 1 amide bonds. The Hall–Kier alpha value is -2.25. The molecule has 2 rings (SSSR count). The first kappa shape index (κ1) is 18.1. The molecule has 24 heavy (non-hydrogen) atoms. The minimum absolute atomic E-state index is 0.109. The van der Waals surface area contributed by atoms with Crippen molar-refractivity contribution in [1.29, 1.82) is 0 Å². The zero-order valence-electron chi connectivity index (χ0n) is 13.5. The van der Waals surface area contributed by atoms with Gasteiger partial charge in [-0.25, -0.2) is 0 Å². The predicted octanol–water partition coefficient (Wildman–Crippen LogP) is 1.56. The number of halogens is 1. The fourth-order valence-corrected chi connectivity index (χ4v) is 2.38. The van der Waals surface area contributed by atoms with Gasteiger partial charge in [0.25, 0.3) is 0 Å². The van der Waals surface area contributed by atoms with Gasteiger partial charge >= 0.3 is 5.97 Å². The van der Waals surface area contributed by atoms with Crippen LogP contribution in [0.4, 0.5) is 0 Å². The first-order valence-electron chi connectivity index (χ1n) is 7.29. The fraction of sp³-hybridized carbons (Fsp3) is 0.375. The molecule has 130 valence electrons. The van der Waals surface area contributed by atoms with Gasteiger partial charge in [0.15, 0.2) is 11.5 Å². The summed E-state index contributed by atoms with van der Waals surface area (Å²) in [5.74, 6) is -0.433. The van der Waals surface area contributed by atoms with Gasteiger partial charge in [-0.1, -0.05) is 11.6 Å². The average molecular weight is 355 g/mol. The van der Waals surface area contributed by atoms with Crippen LogP contribution in [-0.2, 0) is 9.59 Å². The lowest BCUT2D eigenvalue weighted by atomic mass is 10.2. The summed E-state index contributed by atoms with van der Waals surface area (Å²) in [6, 6.07) is 3.36. The maximum atomic E-state index is 12.3. The van der Waals surface area contributed by atoms with E-state index in [0.717, 1.165) is 0 Å². The van der Waals surface area contributed by atoms with E-state index in [4.69, 9.17) is 26.2 Å². The van der Waals surface area contributed by atoms with Crippen molar-refractivity contribution in [3.63, 3.8) is 0 Å². The Kier molecular flexibility index (Phi) is 6.05. The smallest absolute Gasteiger partial charge is 0.323 e. The van der Waals surface area contributed by atoms with Gasteiger partial charge in [-0.15, -0.1) is 0 Å². The van der Waals surface area contributed by atoms with E-state index in [2.05, 4.69) is 0 Å². The number of hydrogen-bond acceptors (Lipinski definition) is 5. The topological polar surface area (TPSA) is 79.3 Å². The second-order valence-electron chi connectivity index (χ2n) is 5.53. The Morgan fingerprint density at radius 2 is 2.04 bits per heavy atom. The minimum atomic E-state index is -1.05. The first-order chi connectivity index (χ1) is 11.4. The molecular formula is C16H19ClN2O5. The molecule has 0 fully saturated rings. The van der Waals surface area contributed by atoms with Crippen molar-refractivity contribution in [2.24, 2.45) is 0 Å². The molecule has 1 aromatic carbocycles. The Balaban J connectivity index is 2.09. The van der Waals surface area contributed by atoms with Gasteiger partial charge < -0.3 is 24.4 Å². The summed E-state index contributed by atoms with van der Waals surface area (Å²) in [6.45, 7) is 0.657. The van der Waals surface area contributed by atoms with Crippen molar-refractivity contribution in [2.45, 2.75) is 0 Å². The molecule has 0 aliphatic carbocycles. The van der Waals surface area contributed by atoms with E-state index in [1.54, 1.807) is 18.2 Å². The van der Waals surface area contributed by atoms with Crippen LogP contribution in [0.25, 0.3) is 6.08 Å². The summed E-state index contributed by atoms with van der Waals surface area (Å²) in [4.78, 5) is 26.3. The maximum absolute atomic E-state index is 12.3. The molecule has 0 spiro atoms. The molecule has 0 radical (unpaired) electrons. The Morgan fingerprint density at radius 3 is 2.71 bits per heavy atom. The number of hydrogen-bond donors (Lipinski definition) is 1. The highest BCUT2D eigenvalue weighted by atomic mass is 35.5. The Morgan fingerprint density at radius 1 is 1.29 bits per heavy atom. The highest BCUT2D eigenvalue weighted by molar-refractivity contribution is 6.32. The van der Waals surface area contributed by atoms with Crippen LogP contribution in [0.15, 0.2) is 18.2 Å². The summed E-state index contributed by atoms with van der Waals surface area (Å²) in [6.07, 6.45) is 2.90. The van der Waals surface area contributed by atoms with Gasteiger partial charge in [0.1, 0.15) is 6.54 Å². The number of nitrogens with zero attached hydrogens (tertiary/aromatic N) is 2. The molecular weight excluding hydrogens is 336 g/mol. The molecule has 0 atom stereocenters. The van der Waals surface area contributed by atoms with E-state index in [9.17, 15) is 9.59 Å². The quantitative estimate of drug-likeness (QED) is 0.748. The predicted molar refractivity (Wildman–Crippen MR) is 89.4 cm³/mol. The van der Waals surface area contributed by atoms with Crippen LogP contribution in [0.3, 0.4) is 0 Å². The average Bonchev–Trinajstić information content (AvgIpc) is 2.97. The third-order valence-corrected chi connectivity index (χ3v) is 3.60. The summed E-state index contributed by atoms with van der Waals surface area (Å²) < 4.78 is 10.5. The third kappa shape index (κ3) is 4.87. The van der Waals surface area contributed by atoms with Gasteiger partial charge in [0.2, 0.25) is 12.7 Å². The summed E-state index contributed by atoms with van der Waals surface area (Å²) in [7, 11) is 3.71. The molecule has 0 saturated carbocycles. The molecule has 8 heteroatoms. The Bertz CT molecular complexity index is 660. The van der Waals surface area contributed by atoms with Crippen molar-refractivity contribution in [3.8, 4) is 11.5 Å². The van der Waals surface area contributed by atoms with Crippen molar-refractivity contribution in [1.82, 2.24) is 9.80 Å². The van der Waals surface area contributed by atoms with Crippen LogP contribution >= 0.6 is 11.6 Å². The second kappa shape index (κ2) is 8.03. The standard InChI is InChI=1S/C16H19ClN2O5/c1-18(2)5-6-19(9-15(21)22)14(20)4-3-11-7-12(17)16-13(8-11)23-10-24-16/h3-4,7-8H,5-6,9-10H2,1-2H3,(H,21,22)/b4-3+. The van der Waals surface area contributed by atoms with Crippen LogP contribution in [0.2, 0.25) is 5.02 Å². The van der Waals surface area contributed by atoms with Gasteiger partial charge in [-0.2, -0.15) is 0 Å². The summed E-state index contributed by atoms with van der Waals surface area (Å²) >= 11 is 6.09. The Labute approximate surface area is 145 Å². The summed E-state index contributed by atoms with van der Waals surface area (Å²) in [5, 5.41) is 9.34. The molecule has 1 N–H and O–H groups in total. The molecule has 0 bridgehead atoms. The zero-order valence-corrected chi connectivity index (χ0v) is 14.2. The number of aliphatic carboxylic acids is 1. The lowest BCUT2D eigenvalue weighted by molar-refractivity contribution is -0.142. The zero-order chi connectivity index (χ0) is 17.7. The van der Waals surface area contributed by atoms with Crippen molar-refractivity contribution >= 4 is 29.6 Å². The third-order valence-electron chi connectivity index (χ3n) is 3.32. The first-order valence-corrected chi connectivity index (χ1v) is 7.67. The molecule has 0 unspecified atom stereocenters. The van der Waals surface area contributed by atoms with E-state index >= 15 is 0 Å². The van der Waals surface area contributed by atoms with Crippen molar-refractivity contribution in [2.75, 3.05) is 40.5 Å². The largest absolute Gasteiger partial charge is 0.480 e. The number of fused-ring (bicyclic) bond motifs is 1. The number of ether oxygens (including phenoxy) is 2. The SMILES string of the molecule is CN(C)CCN(CC(=O)O)C(=O)/C=C/c1cc(Cl)c2c(c1)OCO2. The van der Waals surface area contributed by atoms with Gasteiger partial charge in [0.05, 0.1) is 5.02 Å². The number of carboxylic acids is 1. The molecule has 1 aromatic rings. The van der Waals surface area contributed by atoms with Gasteiger partial charge in [0, 0.05) is 19.2 Å². The van der Waals surface area contributed by atoms with E-state index in [0.29, 0.717) is 35.2 Å². The van der Waals surface area contributed by atoms with Crippen molar-refractivity contribution in [3.05, 3.63) is 28.8 Å². The van der Waals surface area contributed by atoms with E-state index in [1.807, 2.05) is 19.0 Å². The van der Waals surface area contributed by atoms with Crippen LogP contribution < -0.4 is 9.47 Å². The molecule has 1 aliphatic rings. The monoisotopic (exact) mass is 354 g/mol. The number of amides is 1. The lowest BCUT2D eigenvalue weighted by Crippen LogP contribution is -2.39. The molecule has 7 nitrogen and oxygen atoms in total. The van der Waals surface area contributed by atoms with E-state index in [-0.39, 0.29) is 19.2 Å². The molecule has 0 aromatic heterocycles. The normalized spacial score (nSPS) is 12.8.